The number of aliphatic carboxylic acids is 1. The minimum Gasteiger partial charge on any atom is -0.493 e. The van der Waals surface area contributed by atoms with Gasteiger partial charge in [0, 0.05) is 12.1 Å². The molecular weight excluding hydrogens is 270 g/mol. The van der Waals surface area contributed by atoms with E-state index in [1.807, 2.05) is 24.3 Å². The largest absolute Gasteiger partial charge is 0.493 e. The summed E-state index contributed by atoms with van der Waals surface area (Å²) in [4.78, 5) is 23.3. The van der Waals surface area contributed by atoms with E-state index in [1.165, 1.54) is 0 Å². The van der Waals surface area contributed by atoms with E-state index in [1.54, 1.807) is 13.8 Å². The SMILES string of the molecule is CC(C)(CCNC(=O)C1CCOc2ccccc21)C(=O)O. The summed E-state index contributed by atoms with van der Waals surface area (Å²) in [7, 11) is 0. The maximum absolute atomic E-state index is 12.3. The zero-order chi connectivity index (χ0) is 15.5. The molecule has 5 nitrogen and oxygen atoms in total. The van der Waals surface area contributed by atoms with Gasteiger partial charge in [0.25, 0.3) is 0 Å². The minimum absolute atomic E-state index is 0.0630. The Morgan fingerprint density at radius 2 is 2.10 bits per heavy atom. The van der Waals surface area contributed by atoms with Crippen molar-refractivity contribution in [1.82, 2.24) is 5.32 Å². The van der Waals surface area contributed by atoms with Crippen LogP contribution >= 0.6 is 0 Å². The number of nitrogens with one attached hydrogen (secondary N) is 1. The fraction of sp³-hybridized carbons (Fsp3) is 0.500. The summed E-state index contributed by atoms with van der Waals surface area (Å²) in [6.45, 7) is 4.20. The van der Waals surface area contributed by atoms with Gasteiger partial charge < -0.3 is 15.2 Å². The summed E-state index contributed by atoms with van der Waals surface area (Å²) in [5.74, 6) is -0.377. The number of fused-ring (bicyclic) bond motifs is 1. The van der Waals surface area contributed by atoms with E-state index in [0.717, 1.165) is 11.3 Å². The number of para-hydroxylation sites is 1. The van der Waals surface area contributed by atoms with Crippen LogP contribution in [0.2, 0.25) is 0 Å². The molecule has 0 saturated heterocycles. The molecule has 1 aliphatic rings. The van der Waals surface area contributed by atoms with Crippen molar-refractivity contribution in [3.63, 3.8) is 0 Å². The molecule has 1 amide bonds. The second-order valence-corrected chi connectivity index (χ2v) is 5.96. The standard InChI is InChI=1S/C16H21NO4/c1-16(2,15(19)20)8-9-17-14(18)12-7-10-21-13-6-4-3-5-11(12)13/h3-6,12H,7-10H2,1-2H3,(H,17,18)(H,19,20). The van der Waals surface area contributed by atoms with Crippen molar-refractivity contribution in [3.8, 4) is 5.75 Å². The summed E-state index contributed by atoms with van der Waals surface area (Å²) in [6.07, 6.45) is 1.05. The van der Waals surface area contributed by atoms with Crippen LogP contribution in [-0.4, -0.2) is 30.1 Å². The lowest BCUT2D eigenvalue weighted by atomic mass is 9.89. The highest BCUT2D eigenvalue weighted by atomic mass is 16.5. The zero-order valence-electron chi connectivity index (χ0n) is 12.4. The molecule has 21 heavy (non-hydrogen) atoms. The smallest absolute Gasteiger partial charge is 0.309 e. The van der Waals surface area contributed by atoms with Crippen LogP contribution in [0, 0.1) is 5.41 Å². The summed E-state index contributed by atoms with van der Waals surface area (Å²) < 4.78 is 5.54. The molecule has 1 heterocycles. The fourth-order valence-corrected chi connectivity index (χ4v) is 2.34. The predicted molar refractivity (Wildman–Crippen MR) is 78.3 cm³/mol. The lowest BCUT2D eigenvalue weighted by Crippen LogP contribution is -2.36. The third-order valence-corrected chi connectivity index (χ3v) is 3.90. The zero-order valence-corrected chi connectivity index (χ0v) is 12.4. The van der Waals surface area contributed by atoms with Crippen molar-refractivity contribution < 1.29 is 19.4 Å². The number of rotatable bonds is 5. The van der Waals surface area contributed by atoms with Gasteiger partial charge in [-0.15, -0.1) is 0 Å². The molecular formula is C16H21NO4. The molecule has 1 aromatic carbocycles. The Hall–Kier alpha value is -2.04. The van der Waals surface area contributed by atoms with Crippen LogP contribution in [0.4, 0.5) is 0 Å². The van der Waals surface area contributed by atoms with Crippen molar-refractivity contribution in [1.29, 1.82) is 0 Å². The predicted octanol–water partition coefficient (Wildman–Crippen LogP) is 2.17. The Labute approximate surface area is 124 Å². The summed E-state index contributed by atoms with van der Waals surface area (Å²) in [5, 5.41) is 11.9. The molecule has 2 N–H and O–H groups in total. The molecule has 1 aliphatic heterocycles. The van der Waals surface area contributed by atoms with Gasteiger partial charge in [-0.25, -0.2) is 0 Å². The van der Waals surface area contributed by atoms with Crippen molar-refractivity contribution in [2.45, 2.75) is 32.6 Å². The molecule has 1 atom stereocenters. The first-order valence-corrected chi connectivity index (χ1v) is 7.14. The summed E-state index contributed by atoms with van der Waals surface area (Å²) >= 11 is 0. The summed E-state index contributed by atoms with van der Waals surface area (Å²) in [5.41, 5.74) is 0.0691. The average Bonchev–Trinajstić information content (AvgIpc) is 2.46. The molecule has 0 saturated carbocycles. The number of carbonyl (C=O) groups excluding carboxylic acids is 1. The van der Waals surface area contributed by atoms with Crippen molar-refractivity contribution in [2.75, 3.05) is 13.2 Å². The average molecular weight is 291 g/mol. The first-order chi connectivity index (χ1) is 9.92. The minimum atomic E-state index is -0.854. The summed E-state index contributed by atoms with van der Waals surface area (Å²) in [6, 6.07) is 7.54. The first-order valence-electron chi connectivity index (χ1n) is 7.14. The Kier molecular flexibility index (Phi) is 4.50. The molecule has 0 bridgehead atoms. The number of hydrogen-bond acceptors (Lipinski definition) is 3. The molecule has 1 unspecified atom stereocenters. The van der Waals surface area contributed by atoms with Crippen LogP contribution in [0.3, 0.4) is 0 Å². The van der Waals surface area contributed by atoms with Crippen LogP contribution < -0.4 is 10.1 Å². The molecule has 0 radical (unpaired) electrons. The molecule has 2 rings (SSSR count). The fourth-order valence-electron chi connectivity index (χ4n) is 2.34. The third kappa shape index (κ3) is 3.54. The Balaban J connectivity index is 1.95. The van der Waals surface area contributed by atoms with E-state index in [-0.39, 0.29) is 11.8 Å². The van der Waals surface area contributed by atoms with E-state index in [9.17, 15) is 9.59 Å². The molecule has 0 aromatic heterocycles. The van der Waals surface area contributed by atoms with E-state index in [4.69, 9.17) is 9.84 Å². The van der Waals surface area contributed by atoms with Gasteiger partial charge in [0.1, 0.15) is 5.75 Å². The van der Waals surface area contributed by atoms with Crippen LogP contribution in [-0.2, 0) is 9.59 Å². The Bertz CT molecular complexity index is 539. The van der Waals surface area contributed by atoms with Crippen molar-refractivity contribution >= 4 is 11.9 Å². The number of carboxylic acids is 1. The maximum Gasteiger partial charge on any atom is 0.309 e. The number of hydrogen-bond donors (Lipinski definition) is 2. The second-order valence-electron chi connectivity index (χ2n) is 5.96. The second kappa shape index (κ2) is 6.16. The molecule has 0 fully saturated rings. The van der Waals surface area contributed by atoms with Crippen LogP contribution in [0.25, 0.3) is 0 Å². The van der Waals surface area contributed by atoms with Crippen LogP contribution in [0.5, 0.6) is 5.75 Å². The third-order valence-electron chi connectivity index (χ3n) is 3.90. The van der Waals surface area contributed by atoms with Crippen LogP contribution in [0.15, 0.2) is 24.3 Å². The lowest BCUT2D eigenvalue weighted by Gasteiger charge is -2.26. The lowest BCUT2D eigenvalue weighted by molar-refractivity contribution is -0.147. The number of ether oxygens (including phenoxy) is 1. The van der Waals surface area contributed by atoms with E-state index in [0.29, 0.717) is 26.0 Å². The van der Waals surface area contributed by atoms with Gasteiger partial charge in [-0.05, 0) is 32.8 Å². The van der Waals surface area contributed by atoms with Gasteiger partial charge in [-0.3, -0.25) is 9.59 Å². The Morgan fingerprint density at radius 3 is 2.81 bits per heavy atom. The normalized spacial score (nSPS) is 17.5. The van der Waals surface area contributed by atoms with Crippen LogP contribution in [0.1, 0.15) is 38.2 Å². The van der Waals surface area contributed by atoms with Gasteiger partial charge >= 0.3 is 5.97 Å². The highest BCUT2D eigenvalue weighted by Crippen LogP contribution is 2.33. The topological polar surface area (TPSA) is 75.6 Å². The molecule has 0 aliphatic carbocycles. The van der Waals surface area contributed by atoms with Gasteiger partial charge in [0.2, 0.25) is 5.91 Å². The molecule has 1 aromatic rings. The van der Waals surface area contributed by atoms with E-state index in [2.05, 4.69) is 5.32 Å². The maximum atomic E-state index is 12.3. The number of carbonyl (C=O) groups is 2. The molecule has 5 heteroatoms. The highest BCUT2D eigenvalue weighted by molar-refractivity contribution is 5.84. The highest BCUT2D eigenvalue weighted by Gasteiger charge is 2.29. The van der Waals surface area contributed by atoms with Gasteiger partial charge in [0.05, 0.1) is 17.9 Å². The number of carboxylic acid groups (broad SMARTS) is 1. The number of amides is 1. The van der Waals surface area contributed by atoms with Gasteiger partial charge in [-0.1, -0.05) is 18.2 Å². The molecule has 0 spiro atoms. The monoisotopic (exact) mass is 291 g/mol. The molecule has 114 valence electrons. The van der Waals surface area contributed by atoms with Gasteiger partial charge in [0.15, 0.2) is 0 Å². The van der Waals surface area contributed by atoms with Gasteiger partial charge in [-0.2, -0.15) is 0 Å². The first kappa shape index (κ1) is 15.4. The Morgan fingerprint density at radius 1 is 1.38 bits per heavy atom. The van der Waals surface area contributed by atoms with E-state index < -0.39 is 11.4 Å². The number of benzene rings is 1. The van der Waals surface area contributed by atoms with Crippen molar-refractivity contribution in [3.05, 3.63) is 29.8 Å². The van der Waals surface area contributed by atoms with Crippen molar-refractivity contribution in [2.24, 2.45) is 5.41 Å². The quantitative estimate of drug-likeness (QED) is 0.871. The van der Waals surface area contributed by atoms with E-state index >= 15 is 0 Å².